The Balaban J connectivity index is 2.52. The van der Waals surface area contributed by atoms with E-state index < -0.39 is 18.2 Å². The predicted molar refractivity (Wildman–Crippen MR) is 107 cm³/mol. The Labute approximate surface area is 168 Å². The third kappa shape index (κ3) is 8.69. The van der Waals surface area contributed by atoms with E-state index in [2.05, 4.69) is 11.7 Å². The molecule has 2 unspecified atom stereocenters. The Morgan fingerprint density at radius 2 is 1.96 bits per heavy atom. The van der Waals surface area contributed by atoms with Crippen molar-refractivity contribution in [3.8, 4) is 0 Å². The van der Waals surface area contributed by atoms with Crippen molar-refractivity contribution in [2.75, 3.05) is 7.11 Å². The minimum Gasteiger partial charge on any atom is -0.469 e. The van der Waals surface area contributed by atoms with Crippen LogP contribution in [0.5, 0.6) is 0 Å². The molecule has 1 aliphatic carbocycles. The lowest BCUT2D eigenvalue weighted by atomic mass is 9.87. The summed E-state index contributed by atoms with van der Waals surface area (Å²) in [7, 11) is 1.37. The van der Waals surface area contributed by atoms with Gasteiger partial charge in [-0.25, -0.2) is 0 Å². The Morgan fingerprint density at radius 1 is 1.25 bits per heavy atom. The van der Waals surface area contributed by atoms with Crippen molar-refractivity contribution in [3.05, 3.63) is 22.3 Å². The van der Waals surface area contributed by atoms with E-state index in [1.165, 1.54) is 7.11 Å². The highest BCUT2D eigenvalue weighted by atomic mass is 16.6. The molecule has 1 rings (SSSR count). The molecule has 7 nitrogen and oxygen atoms in total. The van der Waals surface area contributed by atoms with Crippen molar-refractivity contribution in [2.24, 2.45) is 11.8 Å². The average molecular weight is 400 g/mol. The van der Waals surface area contributed by atoms with E-state index in [1.54, 1.807) is 6.08 Å². The topological polar surface area (TPSA) is 110 Å². The van der Waals surface area contributed by atoms with Crippen molar-refractivity contribution in [3.63, 3.8) is 0 Å². The first-order valence-electron chi connectivity index (χ1n) is 10.6. The fraction of sp³-hybridized carbons (Fsp3) is 0.857. The number of aliphatic hydroxyl groups is 2. The smallest absolute Gasteiger partial charge is 0.305 e. The SMILES string of the molecule is CCCCC[C@H](O)C=C[C@@H]1CC(O)C([N+](=O)[O-])[C@@H]1CCCCCCC(=O)OC. The molecule has 28 heavy (non-hydrogen) atoms. The number of hydrogen-bond acceptors (Lipinski definition) is 6. The number of ether oxygens (including phenoxy) is 1. The molecule has 1 fully saturated rings. The average Bonchev–Trinajstić information content (AvgIpc) is 2.98. The zero-order valence-electron chi connectivity index (χ0n) is 17.3. The maximum absolute atomic E-state index is 11.4. The van der Waals surface area contributed by atoms with Crippen molar-refractivity contribution in [1.82, 2.24) is 0 Å². The highest BCUT2D eigenvalue weighted by Gasteiger charge is 2.48. The highest BCUT2D eigenvalue weighted by Crippen LogP contribution is 2.38. The molecule has 0 heterocycles. The summed E-state index contributed by atoms with van der Waals surface area (Å²) >= 11 is 0. The first kappa shape index (κ1) is 24.6. The van der Waals surface area contributed by atoms with Crippen LogP contribution in [0.3, 0.4) is 0 Å². The summed E-state index contributed by atoms with van der Waals surface area (Å²) in [5.41, 5.74) is 0. The molecule has 0 aliphatic heterocycles. The third-order valence-corrected chi connectivity index (χ3v) is 5.72. The molecule has 0 aromatic rings. The molecule has 1 aliphatic rings. The van der Waals surface area contributed by atoms with Crippen LogP contribution < -0.4 is 0 Å². The van der Waals surface area contributed by atoms with Crippen LogP contribution in [0.2, 0.25) is 0 Å². The summed E-state index contributed by atoms with van der Waals surface area (Å²) in [6, 6.07) is -0.943. The molecule has 5 atom stereocenters. The predicted octanol–water partition coefficient (Wildman–Crippen LogP) is 3.64. The van der Waals surface area contributed by atoms with Gasteiger partial charge in [0.05, 0.1) is 13.2 Å². The van der Waals surface area contributed by atoms with Crippen molar-refractivity contribution in [1.29, 1.82) is 0 Å². The summed E-state index contributed by atoms with van der Waals surface area (Å²) in [6.45, 7) is 2.11. The van der Waals surface area contributed by atoms with E-state index in [1.807, 2.05) is 6.08 Å². The first-order valence-corrected chi connectivity index (χ1v) is 10.6. The number of methoxy groups -OCH3 is 1. The van der Waals surface area contributed by atoms with Crippen LogP contribution in [-0.4, -0.2) is 46.5 Å². The molecule has 2 N–H and O–H groups in total. The molecule has 0 spiro atoms. The zero-order chi connectivity index (χ0) is 20.9. The maximum atomic E-state index is 11.4. The van der Waals surface area contributed by atoms with E-state index >= 15 is 0 Å². The van der Waals surface area contributed by atoms with Gasteiger partial charge in [0.25, 0.3) is 0 Å². The monoisotopic (exact) mass is 399 g/mol. The van der Waals surface area contributed by atoms with Gasteiger partial charge in [-0.2, -0.15) is 0 Å². The van der Waals surface area contributed by atoms with Gasteiger partial charge in [-0.05, 0) is 31.6 Å². The number of allylic oxidation sites excluding steroid dienone is 1. The lowest BCUT2D eigenvalue weighted by Crippen LogP contribution is -2.34. The van der Waals surface area contributed by atoms with E-state index in [4.69, 9.17) is 0 Å². The Bertz CT molecular complexity index is 495. The molecule has 7 heteroatoms. The quantitative estimate of drug-likeness (QED) is 0.152. The number of carbonyl (C=O) groups is 1. The van der Waals surface area contributed by atoms with E-state index in [9.17, 15) is 25.1 Å². The molecule has 0 aromatic carbocycles. The summed E-state index contributed by atoms with van der Waals surface area (Å²) < 4.78 is 4.61. The minimum absolute atomic E-state index is 0.0821. The molecule has 0 radical (unpaired) electrons. The molecule has 0 bridgehead atoms. The number of hydrogen-bond donors (Lipinski definition) is 2. The molecule has 1 saturated carbocycles. The van der Waals surface area contributed by atoms with Crippen molar-refractivity contribution in [2.45, 2.75) is 95.8 Å². The number of esters is 1. The fourth-order valence-corrected chi connectivity index (χ4v) is 4.11. The van der Waals surface area contributed by atoms with E-state index in [-0.39, 0.29) is 22.7 Å². The molecule has 162 valence electrons. The lowest BCUT2D eigenvalue weighted by Gasteiger charge is -2.18. The Hall–Kier alpha value is -1.47. The van der Waals surface area contributed by atoms with E-state index in [0.717, 1.165) is 44.9 Å². The summed E-state index contributed by atoms with van der Waals surface area (Å²) in [4.78, 5) is 22.2. The van der Waals surface area contributed by atoms with Crippen LogP contribution in [0.25, 0.3) is 0 Å². The number of carbonyl (C=O) groups excluding carboxylic acids is 1. The fourth-order valence-electron chi connectivity index (χ4n) is 4.11. The van der Waals surface area contributed by atoms with Gasteiger partial charge < -0.3 is 14.9 Å². The van der Waals surface area contributed by atoms with Crippen molar-refractivity contribution < 1.29 is 24.7 Å². The normalized spacial score (nSPS) is 25.9. The van der Waals surface area contributed by atoms with Crippen LogP contribution in [0.1, 0.15) is 77.6 Å². The largest absolute Gasteiger partial charge is 0.469 e. The summed E-state index contributed by atoms with van der Waals surface area (Å²) in [6.07, 6.45) is 10.8. The Morgan fingerprint density at radius 3 is 2.61 bits per heavy atom. The van der Waals surface area contributed by atoms with Gasteiger partial charge >= 0.3 is 5.97 Å². The van der Waals surface area contributed by atoms with Crippen molar-refractivity contribution >= 4 is 5.97 Å². The summed E-state index contributed by atoms with van der Waals surface area (Å²) in [5.74, 6) is -0.513. The second-order valence-corrected chi connectivity index (χ2v) is 7.88. The van der Waals surface area contributed by atoms with Gasteiger partial charge in [0.2, 0.25) is 6.04 Å². The van der Waals surface area contributed by atoms with Crippen LogP contribution >= 0.6 is 0 Å². The van der Waals surface area contributed by atoms with Gasteiger partial charge in [-0.3, -0.25) is 14.9 Å². The van der Waals surface area contributed by atoms with Crippen LogP contribution in [-0.2, 0) is 9.53 Å². The zero-order valence-corrected chi connectivity index (χ0v) is 17.3. The second-order valence-electron chi connectivity index (χ2n) is 7.88. The number of rotatable bonds is 14. The number of nitro groups is 1. The van der Waals surface area contributed by atoms with E-state index in [0.29, 0.717) is 25.7 Å². The van der Waals surface area contributed by atoms with Gasteiger partial charge in [0.15, 0.2) is 0 Å². The molecule has 0 amide bonds. The molecular weight excluding hydrogens is 362 g/mol. The molecular formula is C21H37NO6. The van der Waals surface area contributed by atoms with Gasteiger partial charge in [-0.1, -0.05) is 57.6 Å². The molecule has 0 aromatic heterocycles. The van der Waals surface area contributed by atoms with Crippen LogP contribution in [0.4, 0.5) is 0 Å². The van der Waals surface area contributed by atoms with Gasteiger partial charge in [-0.15, -0.1) is 0 Å². The Kier molecular flexibility index (Phi) is 12.0. The first-order chi connectivity index (χ1) is 13.4. The van der Waals surface area contributed by atoms with Crippen LogP contribution in [0.15, 0.2) is 12.2 Å². The summed E-state index contributed by atoms with van der Waals surface area (Å²) in [5, 5.41) is 31.7. The highest BCUT2D eigenvalue weighted by molar-refractivity contribution is 5.68. The molecule has 0 saturated heterocycles. The third-order valence-electron chi connectivity index (χ3n) is 5.72. The minimum atomic E-state index is -0.943. The maximum Gasteiger partial charge on any atom is 0.305 e. The van der Waals surface area contributed by atoms with Gasteiger partial charge in [0.1, 0.15) is 6.10 Å². The van der Waals surface area contributed by atoms with Crippen LogP contribution in [0, 0.1) is 22.0 Å². The lowest BCUT2D eigenvalue weighted by molar-refractivity contribution is -0.539. The van der Waals surface area contributed by atoms with Gasteiger partial charge in [0, 0.05) is 17.3 Å². The number of nitrogens with zero attached hydrogens (tertiary/aromatic N) is 1. The number of aliphatic hydroxyl groups excluding tert-OH is 2. The second kappa shape index (κ2) is 13.7. The number of unbranched alkanes of at least 4 members (excludes halogenated alkanes) is 5. The standard InChI is InChI=1S/C21H37NO6/c1-3-4-7-10-17(23)14-13-16-15-19(24)21(22(26)27)18(16)11-8-5-6-9-12-20(25)28-2/h13-14,16-19,21,23-24H,3-12,15H2,1-2H3/t16-,17+,18-,19?,21?/m1/s1.